The maximum Gasteiger partial charge on any atom is 0.283 e. The van der Waals surface area contributed by atoms with E-state index in [0.717, 1.165) is 25.1 Å². The summed E-state index contributed by atoms with van der Waals surface area (Å²) in [4.78, 5) is 11.6. The van der Waals surface area contributed by atoms with Crippen molar-refractivity contribution in [2.75, 3.05) is 6.54 Å². The van der Waals surface area contributed by atoms with E-state index in [0.29, 0.717) is 24.1 Å². The van der Waals surface area contributed by atoms with Crippen molar-refractivity contribution in [1.29, 1.82) is 0 Å². The molecule has 0 saturated heterocycles. The zero-order valence-electron chi connectivity index (χ0n) is 13.8. The van der Waals surface area contributed by atoms with E-state index in [-0.39, 0.29) is 5.69 Å². The number of furan rings is 1. The van der Waals surface area contributed by atoms with E-state index in [2.05, 4.69) is 17.1 Å². The van der Waals surface area contributed by atoms with Crippen molar-refractivity contribution in [3.63, 3.8) is 0 Å². The maximum absolute atomic E-state index is 10.7. The van der Waals surface area contributed by atoms with Crippen molar-refractivity contribution in [3.05, 3.63) is 64.2 Å². The average Bonchev–Trinajstić information content (AvgIpc) is 3.26. The van der Waals surface area contributed by atoms with Gasteiger partial charge in [-0.3, -0.25) is 10.1 Å². The predicted molar refractivity (Wildman–Crippen MR) is 88.6 cm³/mol. The van der Waals surface area contributed by atoms with Crippen molar-refractivity contribution in [2.45, 2.75) is 26.4 Å². The second-order valence-electron chi connectivity index (χ2n) is 5.76. The summed E-state index contributed by atoms with van der Waals surface area (Å²) in [7, 11) is 0. The van der Waals surface area contributed by atoms with Gasteiger partial charge in [-0.25, -0.2) is 0 Å². The third-order valence-corrected chi connectivity index (χ3v) is 3.80. The van der Waals surface area contributed by atoms with Crippen LogP contribution in [0.1, 0.15) is 24.8 Å². The average molecular weight is 343 g/mol. The highest BCUT2D eigenvalue weighted by Crippen LogP contribution is 2.17. The first-order valence-electron chi connectivity index (χ1n) is 8.09. The van der Waals surface area contributed by atoms with Gasteiger partial charge in [0.25, 0.3) is 17.5 Å². The van der Waals surface area contributed by atoms with E-state index in [1.807, 2.05) is 0 Å². The number of aromatic nitrogens is 2. The summed E-state index contributed by atoms with van der Waals surface area (Å²) in [5.74, 6) is 1.45. The van der Waals surface area contributed by atoms with Crippen molar-refractivity contribution >= 4 is 5.69 Å². The molecule has 0 bridgehead atoms. The highest BCUT2D eigenvalue weighted by atomic mass is 16.6. The lowest BCUT2D eigenvalue weighted by Gasteiger charge is -2.16. The summed E-state index contributed by atoms with van der Waals surface area (Å²) in [6, 6.07) is 10.2. The van der Waals surface area contributed by atoms with Gasteiger partial charge in [-0.05, 0) is 30.7 Å². The van der Waals surface area contributed by atoms with E-state index in [4.69, 9.17) is 8.83 Å². The zero-order valence-corrected chi connectivity index (χ0v) is 13.8. The number of benzene rings is 1. The molecule has 3 rings (SSSR count). The van der Waals surface area contributed by atoms with E-state index in [9.17, 15) is 10.1 Å². The molecule has 25 heavy (non-hydrogen) atoms. The topological polar surface area (TPSA) is 99.6 Å². The summed E-state index contributed by atoms with van der Waals surface area (Å²) < 4.78 is 10.9. The van der Waals surface area contributed by atoms with Crippen LogP contribution >= 0.6 is 0 Å². The number of quaternary nitrogens is 1. The van der Waals surface area contributed by atoms with Gasteiger partial charge in [-0.1, -0.05) is 6.92 Å². The van der Waals surface area contributed by atoms with Gasteiger partial charge in [-0.15, -0.1) is 10.2 Å². The Bertz CT molecular complexity index is 812. The first kappa shape index (κ1) is 16.8. The van der Waals surface area contributed by atoms with Crippen LogP contribution in [-0.2, 0) is 13.1 Å². The van der Waals surface area contributed by atoms with Crippen LogP contribution in [0.25, 0.3) is 11.7 Å². The van der Waals surface area contributed by atoms with E-state index in [1.165, 1.54) is 17.0 Å². The Morgan fingerprint density at radius 3 is 2.60 bits per heavy atom. The first-order chi connectivity index (χ1) is 12.2. The van der Waals surface area contributed by atoms with Gasteiger partial charge >= 0.3 is 0 Å². The molecule has 0 radical (unpaired) electrons. The number of nitro benzene ring substituents is 1. The SMILES string of the molecule is CCC[NH+](Cc1ccc([N+](=O)[O-])cc1)Cc1nnc(-c2ccco2)o1. The van der Waals surface area contributed by atoms with Gasteiger partial charge in [0.05, 0.1) is 17.7 Å². The van der Waals surface area contributed by atoms with Crippen LogP contribution < -0.4 is 4.90 Å². The Morgan fingerprint density at radius 1 is 1.16 bits per heavy atom. The van der Waals surface area contributed by atoms with Crippen LogP contribution in [0.3, 0.4) is 0 Å². The summed E-state index contributed by atoms with van der Waals surface area (Å²) >= 11 is 0. The summed E-state index contributed by atoms with van der Waals surface area (Å²) in [5, 5.41) is 18.8. The normalized spacial score (nSPS) is 12.2. The Hall–Kier alpha value is -3.00. The third kappa shape index (κ3) is 4.30. The molecule has 0 fully saturated rings. The zero-order chi connectivity index (χ0) is 17.6. The standard InChI is InChI=1S/C17H18N4O4/c1-2-9-20(11-13-5-7-14(8-6-13)21(22)23)12-16-18-19-17(25-16)15-4-3-10-24-15/h3-8,10H,2,9,11-12H2,1H3/p+1. The third-order valence-electron chi connectivity index (χ3n) is 3.80. The lowest BCUT2D eigenvalue weighted by Crippen LogP contribution is -3.09. The minimum atomic E-state index is -0.394. The molecule has 0 aliphatic rings. The Labute approximate surface area is 144 Å². The fourth-order valence-corrected chi connectivity index (χ4v) is 2.66. The minimum absolute atomic E-state index is 0.0979. The summed E-state index contributed by atoms with van der Waals surface area (Å²) in [5.41, 5.74) is 1.13. The highest BCUT2D eigenvalue weighted by molar-refractivity contribution is 5.42. The number of hydrogen-bond donors (Lipinski definition) is 1. The molecule has 0 aliphatic heterocycles. The number of nitrogens with one attached hydrogen (secondary N) is 1. The number of rotatable bonds is 8. The molecular weight excluding hydrogens is 324 g/mol. The monoisotopic (exact) mass is 343 g/mol. The number of non-ortho nitro benzene ring substituents is 1. The Kier molecular flexibility index (Phi) is 5.20. The quantitative estimate of drug-likeness (QED) is 0.497. The van der Waals surface area contributed by atoms with Gasteiger partial charge in [0.2, 0.25) is 0 Å². The smallest absolute Gasteiger partial charge is 0.283 e. The largest absolute Gasteiger partial charge is 0.459 e. The lowest BCUT2D eigenvalue weighted by atomic mass is 10.2. The summed E-state index contributed by atoms with van der Waals surface area (Å²) in [6.07, 6.45) is 2.56. The molecule has 2 heterocycles. The van der Waals surface area contributed by atoms with E-state index >= 15 is 0 Å². The molecule has 8 nitrogen and oxygen atoms in total. The number of nitro groups is 1. The number of hydrogen-bond acceptors (Lipinski definition) is 6. The molecule has 1 unspecified atom stereocenters. The van der Waals surface area contributed by atoms with Crippen molar-refractivity contribution < 1.29 is 18.7 Å². The van der Waals surface area contributed by atoms with E-state index < -0.39 is 4.92 Å². The fraction of sp³-hybridized carbons (Fsp3) is 0.294. The molecule has 8 heteroatoms. The second kappa shape index (κ2) is 7.71. The van der Waals surface area contributed by atoms with Crippen LogP contribution in [0.5, 0.6) is 0 Å². The van der Waals surface area contributed by atoms with Crippen molar-refractivity contribution in [1.82, 2.24) is 10.2 Å². The van der Waals surface area contributed by atoms with E-state index in [1.54, 1.807) is 30.5 Å². The molecular formula is C17H19N4O4+. The lowest BCUT2D eigenvalue weighted by molar-refractivity contribution is -0.928. The molecule has 0 spiro atoms. The number of nitrogens with zero attached hydrogens (tertiary/aromatic N) is 3. The molecule has 1 aromatic carbocycles. The Morgan fingerprint density at radius 2 is 1.96 bits per heavy atom. The molecule has 0 aliphatic carbocycles. The minimum Gasteiger partial charge on any atom is -0.459 e. The van der Waals surface area contributed by atoms with Crippen LogP contribution in [0.15, 0.2) is 51.5 Å². The molecule has 0 saturated carbocycles. The van der Waals surface area contributed by atoms with Gasteiger partial charge in [0.15, 0.2) is 12.3 Å². The molecule has 130 valence electrons. The highest BCUT2D eigenvalue weighted by Gasteiger charge is 2.17. The van der Waals surface area contributed by atoms with Crippen LogP contribution in [-0.4, -0.2) is 21.7 Å². The van der Waals surface area contributed by atoms with Crippen molar-refractivity contribution in [2.24, 2.45) is 0 Å². The summed E-state index contributed by atoms with van der Waals surface area (Å²) in [6.45, 7) is 4.34. The second-order valence-corrected chi connectivity index (χ2v) is 5.76. The molecule has 3 aromatic rings. The molecule has 1 atom stereocenters. The van der Waals surface area contributed by atoms with Crippen LogP contribution in [0, 0.1) is 10.1 Å². The fourth-order valence-electron chi connectivity index (χ4n) is 2.66. The van der Waals surface area contributed by atoms with Crippen molar-refractivity contribution in [3.8, 4) is 11.7 Å². The maximum atomic E-state index is 10.7. The van der Waals surface area contributed by atoms with Gasteiger partial charge in [0, 0.05) is 17.7 Å². The molecule has 2 aromatic heterocycles. The molecule has 1 N–H and O–H groups in total. The predicted octanol–water partition coefficient (Wildman–Crippen LogP) is 2.23. The Balaban J connectivity index is 1.67. The van der Waals surface area contributed by atoms with Gasteiger partial charge in [0.1, 0.15) is 6.54 Å². The van der Waals surface area contributed by atoms with Gasteiger partial charge < -0.3 is 13.7 Å². The van der Waals surface area contributed by atoms with Crippen LogP contribution in [0.2, 0.25) is 0 Å². The first-order valence-corrected chi connectivity index (χ1v) is 8.09. The van der Waals surface area contributed by atoms with Crippen LogP contribution in [0.4, 0.5) is 5.69 Å². The molecule has 0 amide bonds. The van der Waals surface area contributed by atoms with Gasteiger partial charge in [-0.2, -0.15) is 0 Å².